The molecule has 1 heterocycles. The van der Waals surface area contributed by atoms with E-state index in [1.54, 1.807) is 4.90 Å². The standard InChI is InChI=1S/C8H16N2O2/c1-6(3-9)10-4-7(5-11)2-8(10)12/h6-7,11H,2-5,9H2,1H3. The average molecular weight is 172 g/mol. The van der Waals surface area contributed by atoms with Gasteiger partial charge in [0.05, 0.1) is 0 Å². The Labute approximate surface area is 72.3 Å². The third-order valence-electron chi connectivity index (χ3n) is 2.37. The van der Waals surface area contributed by atoms with Crippen LogP contribution in [0, 0.1) is 5.92 Å². The van der Waals surface area contributed by atoms with Crippen LogP contribution in [-0.4, -0.2) is 41.7 Å². The van der Waals surface area contributed by atoms with Crippen LogP contribution in [0.3, 0.4) is 0 Å². The number of nitrogens with zero attached hydrogens (tertiary/aromatic N) is 1. The van der Waals surface area contributed by atoms with Crippen LogP contribution in [-0.2, 0) is 4.79 Å². The quantitative estimate of drug-likeness (QED) is 0.584. The molecule has 0 aromatic carbocycles. The van der Waals surface area contributed by atoms with Gasteiger partial charge in [0, 0.05) is 38.1 Å². The molecule has 2 atom stereocenters. The van der Waals surface area contributed by atoms with E-state index in [1.165, 1.54) is 0 Å². The molecule has 0 spiro atoms. The molecule has 0 aliphatic carbocycles. The number of aliphatic hydroxyl groups excluding tert-OH is 1. The summed E-state index contributed by atoms with van der Waals surface area (Å²) in [6.45, 7) is 3.18. The van der Waals surface area contributed by atoms with E-state index in [0.29, 0.717) is 19.5 Å². The molecule has 1 amide bonds. The lowest BCUT2D eigenvalue weighted by Crippen LogP contribution is -2.39. The van der Waals surface area contributed by atoms with Crippen molar-refractivity contribution in [2.45, 2.75) is 19.4 Å². The maximum absolute atomic E-state index is 11.3. The number of hydrogen-bond donors (Lipinski definition) is 2. The monoisotopic (exact) mass is 172 g/mol. The van der Waals surface area contributed by atoms with Crippen LogP contribution < -0.4 is 5.73 Å². The number of carbonyl (C=O) groups is 1. The Bertz CT molecular complexity index is 172. The van der Waals surface area contributed by atoms with Gasteiger partial charge in [-0.05, 0) is 6.92 Å². The second kappa shape index (κ2) is 3.87. The summed E-state index contributed by atoms with van der Waals surface area (Å²) >= 11 is 0. The Morgan fingerprint density at radius 1 is 1.83 bits per heavy atom. The molecular weight excluding hydrogens is 156 g/mol. The van der Waals surface area contributed by atoms with E-state index in [4.69, 9.17) is 10.8 Å². The molecule has 3 N–H and O–H groups in total. The molecule has 1 aliphatic heterocycles. The molecule has 1 fully saturated rings. The number of aliphatic hydroxyl groups is 1. The van der Waals surface area contributed by atoms with Crippen molar-refractivity contribution in [3.8, 4) is 0 Å². The summed E-state index contributed by atoms with van der Waals surface area (Å²) in [4.78, 5) is 13.1. The molecule has 12 heavy (non-hydrogen) atoms. The highest BCUT2D eigenvalue weighted by molar-refractivity contribution is 5.79. The van der Waals surface area contributed by atoms with E-state index in [9.17, 15) is 4.79 Å². The van der Waals surface area contributed by atoms with Crippen molar-refractivity contribution in [3.05, 3.63) is 0 Å². The molecule has 0 radical (unpaired) electrons. The summed E-state index contributed by atoms with van der Waals surface area (Å²) in [6.07, 6.45) is 0.473. The highest BCUT2D eigenvalue weighted by Gasteiger charge is 2.31. The minimum Gasteiger partial charge on any atom is -0.396 e. The highest BCUT2D eigenvalue weighted by Crippen LogP contribution is 2.18. The lowest BCUT2D eigenvalue weighted by molar-refractivity contribution is -0.129. The fraction of sp³-hybridized carbons (Fsp3) is 0.875. The van der Waals surface area contributed by atoms with E-state index in [-0.39, 0.29) is 24.5 Å². The van der Waals surface area contributed by atoms with Crippen LogP contribution in [0.2, 0.25) is 0 Å². The first-order valence-corrected chi connectivity index (χ1v) is 4.29. The van der Waals surface area contributed by atoms with Crippen molar-refractivity contribution < 1.29 is 9.90 Å². The van der Waals surface area contributed by atoms with E-state index in [0.717, 1.165) is 0 Å². The fourth-order valence-corrected chi connectivity index (χ4v) is 1.48. The molecule has 0 bridgehead atoms. The van der Waals surface area contributed by atoms with Gasteiger partial charge in [-0.2, -0.15) is 0 Å². The topological polar surface area (TPSA) is 66.6 Å². The van der Waals surface area contributed by atoms with Gasteiger partial charge in [-0.1, -0.05) is 0 Å². The predicted octanol–water partition coefficient (Wildman–Crippen LogP) is -0.826. The maximum atomic E-state index is 11.3. The molecule has 4 heteroatoms. The normalized spacial score (nSPS) is 26.4. The first-order chi connectivity index (χ1) is 5.69. The Balaban J connectivity index is 2.51. The smallest absolute Gasteiger partial charge is 0.223 e. The Kier molecular flexibility index (Phi) is 3.05. The van der Waals surface area contributed by atoms with Gasteiger partial charge in [0.15, 0.2) is 0 Å². The first kappa shape index (κ1) is 9.48. The second-order valence-electron chi connectivity index (χ2n) is 3.38. The summed E-state index contributed by atoms with van der Waals surface area (Å²) in [6, 6.07) is 0.106. The molecule has 1 aliphatic rings. The van der Waals surface area contributed by atoms with Crippen LogP contribution in [0.1, 0.15) is 13.3 Å². The molecular formula is C8H16N2O2. The largest absolute Gasteiger partial charge is 0.396 e. The van der Waals surface area contributed by atoms with Crippen LogP contribution in [0.4, 0.5) is 0 Å². The zero-order valence-corrected chi connectivity index (χ0v) is 7.36. The molecule has 1 rings (SSSR count). The van der Waals surface area contributed by atoms with Crippen LogP contribution in [0.15, 0.2) is 0 Å². The number of likely N-dealkylation sites (tertiary alicyclic amines) is 1. The lowest BCUT2D eigenvalue weighted by atomic mass is 10.1. The summed E-state index contributed by atoms with van der Waals surface area (Å²) in [5.74, 6) is 0.235. The fourth-order valence-electron chi connectivity index (χ4n) is 1.48. The van der Waals surface area contributed by atoms with Gasteiger partial charge in [0.25, 0.3) is 0 Å². The molecule has 70 valence electrons. The van der Waals surface area contributed by atoms with E-state index >= 15 is 0 Å². The van der Waals surface area contributed by atoms with Crippen molar-refractivity contribution in [2.24, 2.45) is 11.7 Å². The minimum absolute atomic E-state index is 0.0968. The third-order valence-corrected chi connectivity index (χ3v) is 2.37. The van der Waals surface area contributed by atoms with Gasteiger partial charge in [0.2, 0.25) is 5.91 Å². The van der Waals surface area contributed by atoms with Gasteiger partial charge in [0.1, 0.15) is 0 Å². The predicted molar refractivity (Wildman–Crippen MR) is 45.4 cm³/mol. The molecule has 4 nitrogen and oxygen atoms in total. The lowest BCUT2D eigenvalue weighted by Gasteiger charge is -2.22. The van der Waals surface area contributed by atoms with Crippen molar-refractivity contribution in [3.63, 3.8) is 0 Å². The average Bonchev–Trinajstić information content (AvgIpc) is 2.45. The Hall–Kier alpha value is -0.610. The van der Waals surface area contributed by atoms with E-state index in [2.05, 4.69) is 0 Å². The Morgan fingerprint density at radius 2 is 2.50 bits per heavy atom. The summed E-state index contributed by atoms with van der Waals surface area (Å²) in [7, 11) is 0. The number of carbonyl (C=O) groups excluding carboxylic acids is 1. The SMILES string of the molecule is CC(CN)N1CC(CO)CC1=O. The summed E-state index contributed by atoms with van der Waals surface area (Å²) < 4.78 is 0. The van der Waals surface area contributed by atoms with Crippen LogP contribution >= 0.6 is 0 Å². The highest BCUT2D eigenvalue weighted by atomic mass is 16.3. The molecule has 0 aromatic rings. The summed E-state index contributed by atoms with van der Waals surface area (Å²) in [5, 5.41) is 8.85. The number of amides is 1. The minimum atomic E-state index is 0.0968. The van der Waals surface area contributed by atoms with Gasteiger partial charge >= 0.3 is 0 Å². The molecule has 2 unspecified atom stereocenters. The number of nitrogens with two attached hydrogens (primary N) is 1. The van der Waals surface area contributed by atoms with Gasteiger partial charge < -0.3 is 15.7 Å². The number of hydrogen-bond acceptors (Lipinski definition) is 3. The van der Waals surface area contributed by atoms with Crippen molar-refractivity contribution >= 4 is 5.91 Å². The van der Waals surface area contributed by atoms with Crippen LogP contribution in [0.5, 0.6) is 0 Å². The first-order valence-electron chi connectivity index (χ1n) is 4.29. The van der Waals surface area contributed by atoms with Crippen molar-refractivity contribution in [2.75, 3.05) is 19.7 Å². The van der Waals surface area contributed by atoms with Crippen molar-refractivity contribution in [1.29, 1.82) is 0 Å². The molecule has 1 saturated heterocycles. The van der Waals surface area contributed by atoms with Gasteiger partial charge in [-0.3, -0.25) is 4.79 Å². The second-order valence-corrected chi connectivity index (χ2v) is 3.38. The Morgan fingerprint density at radius 3 is 2.92 bits per heavy atom. The van der Waals surface area contributed by atoms with Crippen molar-refractivity contribution in [1.82, 2.24) is 4.90 Å². The van der Waals surface area contributed by atoms with Gasteiger partial charge in [-0.25, -0.2) is 0 Å². The third kappa shape index (κ3) is 1.76. The summed E-state index contributed by atoms with van der Waals surface area (Å²) in [5.41, 5.74) is 5.44. The molecule has 0 aromatic heterocycles. The molecule has 0 saturated carbocycles. The van der Waals surface area contributed by atoms with E-state index in [1.807, 2.05) is 6.92 Å². The van der Waals surface area contributed by atoms with E-state index < -0.39 is 0 Å². The maximum Gasteiger partial charge on any atom is 0.223 e. The zero-order valence-electron chi connectivity index (χ0n) is 7.36. The number of rotatable bonds is 3. The van der Waals surface area contributed by atoms with Gasteiger partial charge in [-0.15, -0.1) is 0 Å². The zero-order chi connectivity index (χ0) is 9.14. The van der Waals surface area contributed by atoms with Crippen LogP contribution in [0.25, 0.3) is 0 Å².